The number of hydrogen-bond acceptors (Lipinski definition) is 4. The molecular formula is C12H17F2NO3. The number of benzene rings is 1. The molecule has 0 fully saturated rings. The lowest BCUT2D eigenvalue weighted by Gasteiger charge is -2.17. The van der Waals surface area contributed by atoms with E-state index >= 15 is 0 Å². The summed E-state index contributed by atoms with van der Waals surface area (Å²) in [5.74, 6) is 1.21. The standard InChI is InChI=1S/C12H17F2NO3/c1-16-9-4-7(8(15)6-11(13)14)5-10(17-2)12(9)18-3/h4-5,8,11H,6,15H2,1-3H3/t8-/m1/s1. The fourth-order valence-corrected chi connectivity index (χ4v) is 1.64. The Bertz CT molecular complexity index is 374. The molecule has 0 unspecified atom stereocenters. The van der Waals surface area contributed by atoms with Crippen molar-refractivity contribution in [2.24, 2.45) is 5.73 Å². The highest BCUT2D eigenvalue weighted by molar-refractivity contribution is 5.54. The topological polar surface area (TPSA) is 53.7 Å². The highest BCUT2D eigenvalue weighted by atomic mass is 19.3. The van der Waals surface area contributed by atoms with Gasteiger partial charge in [0.05, 0.1) is 21.3 Å². The average molecular weight is 261 g/mol. The molecule has 1 aromatic rings. The third-order valence-electron chi connectivity index (χ3n) is 2.55. The summed E-state index contributed by atoms with van der Waals surface area (Å²) in [4.78, 5) is 0. The maximum Gasteiger partial charge on any atom is 0.240 e. The predicted molar refractivity (Wildman–Crippen MR) is 63.6 cm³/mol. The van der Waals surface area contributed by atoms with Crippen LogP contribution in [0, 0.1) is 0 Å². The molecule has 0 saturated carbocycles. The van der Waals surface area contributed by atoms with Gasteiger partial charge in [-0.1, -0.05) is 0 Å². The number of hydrogen-bond donors (Lipinski definition) is 1. The van der Waals surface area contributed by atoms with Crippen LogP contribution in [-0.2, 0) is 0 Å². The molecule has 1 atom stereocenters. The number of rotatable bonds is 6. The summed E-state index contributed by atoms with van der Waals surface area (Å²) in [6.45, 7) is 0. The summed E-state index contributed by atoms with van der Waals surface area (Å²) >= 11 is 0. The zero-order chi connectivity index (χ0) is 13.7. The Labute approximate surface area is 105 Å². The van der Waals surface area contributed by atoms with Crippen LogP contribution in [0.3, 0.4) is 0 Å². The van der Waals surface area contributed by atoms with Crippen LogP contribution in [0.1, 0.15) is 18.0 Å². The molecule has 18 heavy (non-hydrogen) atoms. The molecule has 0 bridgehead atoms. The largest absolute Gasteiger partial charge is 0.493 e. The molecule has 0 spiro atoms. The summed E-state index contributed by atoms with van der Waals surface area (Å²) in [7, 11) is 4.39. The monoisotopic (exact) mass is 261 g/mol. The molecule has 0 aromatic heterocycles. The Morgan fingerprint density at radius 2 is 1.56 bits per heavy atom. The van der Waals surface area contributed by atoms with Crippen LogP contribution >= 0.6 is 0 Å². The fourth-order valence-electron chi connectivity index (χ4n) is 1.64. The zero-order valence-corrected chi connectivity index (χ0v) is 10.6. The van der Waals surface area contributed by atoms with Crippen molar-refractivity contribution >= 4 is 0 Å². The van der Waals surface area contributed by atoms with Crippen LogP contribution in [0.25, 0.3) is 0 Å². The number of nitrogens with two attached hydrogens (primary N) is 1. The van der Waals surface area contributed by atoms with Crippen molar-refractivity contribution in [2.45, 2.75) is 18.9 Å². The quantitative estimate of drug-likeness (QED) is 0.854. The summed E-state index contributed by atoms with van der Waals surface area (Å²) in [5.41, 5.74) is 6.22. The first-order valence-electron chi connectivity index (χ1n) is 5.37. The molecule has 4 nitrogen and oxygen atoms in total. The Balaban J connectivity index is 3.14. The first-order valence-corrected chi connectivity index (χ1v) is 5.37. The van der Waals surface area contributed by atoms with Crippen LogP contribution in [-0.4, -0.2) is 27.8 Å². The molecule has 0 aliphatic carbocycles. The first-order chi connectivity index (χ1) is 8.53. The molecule has 1 aromatic carbocycles. The molecule has 0 radical (unpaired) electrons. The molecule has 0 heterocycles. The third kappa shape index (κ3) is 3.22. The van der Waals surface area contributed by atoms with Crippen LogP contribution in [0.15, 0.2) is 12.1 Å². The van der Waals surface area contributed by atoms with Crippen molar-refractivity contribution in [2.75, 3.05) is 21.3 Å². The Morgan fingerprint density at radius 1 is 1.06 bits per heavy atom. The molecule has 102 valence electrons. The predicted octanol–water partition coefficient (Wildman–Crippen LogP) is 2.37. The molecule has 0 aliphatic rings. The Kier molecular flexibility index (Phi) is 5.15. The number of ether oxygens (including phenoxy) is 3. The van der Waals surface area contributed by atoms with Crippen molar-refractivity contribution in [3.63, 3.8) is 0 Å². The van der Waals surface area contributed by atoms with Gasteiger partial charge in [-0.15, -0.1) is 0 Å². The van der Waals surface area contributed by atoms with Gasteiger partial charge < -0.3 is 19.9 Å². The van der Waals surface area contributed by atoms with Gasteiger partial charge in [-0.05, 0) is 17.7 Å². The van der Waals surface area contributed by atoms with Gasteiger partial charge in [-0.2, -0.15) is 0 Å². The van der Waals surface area contributed by atoms with E-state index in [4.69, 9.17) is 19.9 Å². The second-order valence-corrected chi connectivity index (χ2v) is 3.69. The minimum absolute atomic E-state index is 0.400. The van der Waals surface area contributed by atoms with E-state index in [-0.39, 0.29) is 0 Å². The lowest BCUT2D eigenvalue weighted by molar-refractivity contribution is 0.128. The maximum atomic E-state index is 12.3. The Hall–Kier alpha value is -1.56. The van der Waals surface area contributed by atoms with E-state index in [2.05, 4.69) is 0 Å². The van der Waals surface area contributed by atoms with Gasteiger partial charge in [0.15, 0.2) is 11.5 Å². The third-order valence-corrected chi connectivity index (χ3v) is 2.55. The van der Waals surface area contributed by atoms with Crippen LogP contribution in [0.5, 0.6) is 17.2 Å². The SMILES string of the molecule is COc1cc([C@H](N)CC(F)F)cc(OC)c1OC. The van der Waals surface area contributed by atoms with Gasteiger partial charge in [0, 0.05) is 12.5 Å². The lowest BCUT2D eigenvalue weighted by atomic mass is 10.0. The van der Waals surface area contributed by atoms with E-state index in [1.807, 2.05) is 0 Å². The van der Waals surface area contributed by atoms with Crippen molar-refractivity contribution in [3.05, 3.63) is 17.7 Å². The van der Waals surface area contributed by atoms with Gasteiger partial charge in [-0.25, -0.2) is 8.78 Å². The normalized spacial score (nSPS) is 12.4. The van der Waals surface area contributed by atoms with Gasteiger partial charge in [0.2, 0.25) is 12.2 Å². The van der Waals surface area contributed by atoms with Crippen molar-refractivity contribution in [1.29, 1.82) is 0 Å². The van der Waals surface area contributed by atoms with Gasteiger partial charge in [0.25, 0.3) is 0 Å². The van der Waals surface area contributed by atoms with Crippen molar-refractivity contribution in [1.82, 2.24) is 0 Å². The highest BCUT2D eigenvalue weighted by Gasteiger charge is 2.18. The maximum absolute atomic E-state index is 12.3. The first kappa shape index (κ1) is 14.5. The molecular weight excluding hydrogens is 244 g/mol. The second-order valence-electron chi connectivity index (χ2n) is 3.69. The fraction of sp³-hybridized carbons (Fsp3) is 0.500. The summed E-state index contributed by atoms with van der Waals surface area (Å²) in [5, 5.41) is 0. The molecule has 1 rings (SSSR count). The Morgan fingerprint density at radius 3 is 1.89 bits per heavy atom. The molecule has 2 N–H and O–H groups in total. The summed E-state index contributed by atoms with van der Waals surface area (Å²) in [6.07, 6.45) is -2.88. The average Bonchev–Trinajstić information content (AvgIpc) is 2.35. The number of halogens is 2. The molecule has 0 aliphatic heterocycles. The van der Waals surface area contributed by atoms with Crippen molar-refractivity contribution < 1.29 is 23.0 Å². The number of alkyl halides is 2. The van der Waals surface area contributed by atoms with E-state index in [1.54, 1.807) is 12.1 Å². The van der Waals surface area contributed by atoms with Gasteiger partial charge in [0.1, 0.15) is 0 Å². The summed E-state index contributed by atoms with van der Waals surface area (Å²) in [6, 6.07) is 2.38. The minimum Gasteiger partial charge on any atom is -0.493 e. The van der Waals surface area contributed by atoms with Gasteiger partial charge in [-0.3, -0.25) is 0 Å². The smallest absolute Gasteiger partial charge is 0.240 e. The van der Waals surface area contributed by atoms with Gasteiger partial charge >= 0.3 is 0 Å². The lowest BCUT2D eigenvalue weighted by Crippen LogP contribution is -2.14. The zero-order valence-electron chi connectivity index (χ0n) is 10.6. The second kappa shape index (κ2) is 6.39. The molecule has 0 amide bonds. The van der Waals surface area contributed by atoms with E-state index in [0.717, 1.165) is 0 Å². The molecule has 6 heteroatoms. The van der Waals surface area contributed by atoms with E-state index in [9.17, 15) is 8.78 Å². The van der Waals surface area contributed by atoms with Crippen LogP contribution in [0.2, 0.25) is 0 Å². The van der Waals surface area contributed by atoms with E-state index < -0.39 is 18.9 Å². The summed E-state index contributed by atoms with van der Waals surface area (Å²) < 4.78 is 40.0. The highest BCUT2D eigenvalue weighted by Crippen LogP contribution is 2.39. The van der Waals surface area contributed by atoms with E-state index in [0.29, 0.717) is 22.8 Å². The van der Waals surface area contributed by atoms with Crippen LogP contribution < -0.4 is 19.9 Å². The molecule has 0 saturated heterocycles. The van der Waals surface area contributed by atoms with Crippen LogP contribution in [0.4, 0.5) is 8.78 Å². The van der Waals surface area contributed by atoms with Crippen molar-refractivity contribution in [3.8, 4) is 17.2 Å². The number of methoxy groups -OCH3 is 3. The van der Waals surface area contributed by atoms with E-state index in [1.165, 1.54) is 21.3 Å². The minimum atomic E-state index is -2.46.